The van der Waals surface area contributed by atoms with E-state index in [1.54, 1.807) is 0 Å². The van der Waals surface area contributed by atoms with E-state index in [4.69, 9.17) is 6.42 Å². The van der Waals surface area contributed by atoms with Crippen LogP contribution in [-0.4, -0.2) is 15.5 Å². The van der Waals surface area contributed by atoms with Crippen LogP contribution in [0.1, 0.15) is 40.5 Å². The minimum Gasteiger partial charge on any atom is -0.388 e. The quantitative estimate of drug-likeness (QED) is 0.595. The van der Waals surface area contributed by atoms with E-state index >= 15 is 0 Å². The molecule has 0 aliphatic carbocycles. The van der Waals surface area contributed by atoms with Gasteiger partial charge in [0.25, 0.3) is 0 Å². The molecule has 0 unspecified atom stereocenters. The van der Waals surface area contributed by atoms with E-state index in [0.717, 1.165) is 6.42 Å². The molecule has 0 bridgehead atoms. The molecule has 2 heteroatoms. The van der Waals surface area contributed by atoms with Gasteiger partial charge in [0.15, 0.2) is 0 Å². The van der Waals surface area contributed by atoms with Crippen molar-refractivity contribution in [3.63, 3.8) is 0 Å². The summed E-state index contributed by atoms with van der Waals surface area (Å²) in [4.78, 5) is 0.0634. The van der Waals surface area contributed by atoms with Crippen LogP contribution in [0, 0.1) is 24.2 Å². The molecule has 0 saturated heterocycles. The van der Waals surface area contributed by atoms with Gasteiger partial charge in [0.1, 0.15) is 0 Å². The third-order valence-corrected chi connectivity index (χ3v) is 4.18. The second kappa shape index (κ2) is 5.78. The van der Waals surface area contributed by atoms with Gasteiger partial charge in [-0.05, 0) is 18.3 Å². The van der Waals surface area contributed by atoms with E-state index in [1.165, 1.54) is 0 Å². The molecule has 0 aromatic rings. The molecule has 0 amide bonds. The number of terminal acetylenes is 1. The first-order valence-corrected chi connectivity index (χ1v) is 6.05. The molecule has 0 fully saturated rings. The summed E-state index contributed by atoms with van der Waals surface area (Å²) in [5.41, 5.74) is -0.767. The first-order chi connectivity index (χ1) is 6.33. The van der Waals surface area contributed by atoms with Crippen molar-refractivity contribution >= 4 is 15.9 Å². The molecule has 0 aromatic carbocycles. The van der Waals surface area contributed by atoms with Crippen LogP contribution in [-0.2, 0) is 0 Å². The molecule has 14 heavy (non-hydrogen) atoms. The van der Waals surface area contributed by atoms with Gasteiger partial charge >= 0.3 is 0 Å². The van der Waals surface area contributed by atoms with Crippen LogP contribution in [0.15, 0.2) is 0 Å². The van der Waals surface area contributed by atoms with Gasteiger partial charge in [-0.1, -0.05) is 43.6 Å². The Hall–Kier alpha value is 0. The lowest BCUT2D eigenvalue weighted by atomic mass is 9.83. The predicted molar refractivity (Wildman–Crippen MR) is 65.4 cm³/mol. The van der Waals surface area contributed by atoms with Crippen molar-refractivity contribution in [1.82, 2.24) is 0 Å². The van der Waals surface area contributed by atoms with Gasteiger partial charge in [0, 0.05) is 11.2 Å². The monoisotopic (exact) mass is 260 g/mol. The highest BCUT2D eigenvalue weighted by molar-refractivity contribution is 9.09. The summed E-state index contributed by atoms with van der Waals surface area (Å²) in [5.74, 6) is 3.40. The summed E-state index contributed by atoms with van der Waals surface area (Å²) < 4.78 is 0. The van der Waals surface area contributed by atoms with Gasteiger partial charge in [-0.25, -0.2) is 0 Å². The molecule has 1 nitrogen and oxygen atoms in total. The SMILES string of the molecule is C#CC[C@](O)(CC(C)C)[C@H](Br)C(C)C. The molecule has 0 aromatic heterocycles. The molecule has 0 rings (SSSR count). The maximum Gasteiger partial charge on any atom is 0.0885 e. The van der Waals surface area contributed by atoms with Crippen molar-refractivity contribution in [3.05, 3.63) is 0 Å². The van der Waals surface area contributed by atoms with E-state index in [1.807, 2.05) is 0 Å². The molecule has 0 aliphatic rings. The molecule has 0 saturated carbocycles. The maximum absolute atomic E-state index is 10.4. The minimum absolute atomic E-state index is 0.0634. The Labute approximate surface area is 96.4 Å². The Morgan fingerprint density at radius 2 is 1.86 bits per heavy atom. The van der Waals surface area contributed by atoms with Crippen LogP contribution in [0.4, 0.5) is 0 Å². The van der Waals surface area contributed by atoms with Crippen LogP contribution < -0.4 is 0 Å². The van der Waals surface area contributed by atoms with Crippen molar-refractivity contribution < 1.29 is 5.11 Å². The Morgan fingerprint density at radius 3 is 2.14 bits per heavy atom. The first-order valence-electron chi connectivity index (χ1n) is 5.13. The number of hydrogen-bond acceptors (Lipinski definition) is 1. The summed E-state index contributed by atoms with van der Waals surface area (Å²) in [5, 5.41) is 10.4. The van der Waals surface area contributed by atoms with Crippen molar-refractivity contribution in [2.75, 3.05) is 0 Å². The molecule has 0 aliphatic heterocycles. The Kier molecular flexibility index (Phi) is 5.78. The fourth-order valence-corrected chi connectivity index (χ4v) is 2.14. The lowest BCUT2D eigenvalue weighted by Crippen LogP contribution is -2.42. The van der Waals surface area contributed by atoms with Gasteiger partial charge in [0.2, 0.25) is 0 Å². The van der Waals surface area contributed by atoms with Gasteiger partial charge in [-0.15, -0.1) is 12.3 Å². The Bertz CT molecular complexity index is 205. The molecule has 0 radical (unpaired) electrons. The van der Waals surface area contributed by atoms with E-state index in [9.17, 15) is 5.11 Å². The fraction of sp³-hybridized carbons (Fsp3) is 0.833. The Balaban J connectivity index is 4.62. The van der Waals surface area contributed by atoms with Crippen molar-refractivity contribution in [2.45, 2.75) is 51.0 Å². The molecule has 82 valence electrons. The largest absolute Gasteiger partial charge is 0.388 e. The van der Waals surface area contributed by atoms with E-state index in [2.05, 4.69) is 49.5 Å². The second-order valence-corrected chi connectivity index (χ2v) is 5.71. The van der Waals surface area contributed by atoms with Crippen LogP contribution in [0.2, 0.25) is 0 Å². The van der Waals surface area contributed by atoms with Crippen molar-refractivity contribution in [3.8, 4) is 12.3 Å². The van der Waals surface area contributed by atoms with Gasteiger partial charge in [0.05, 0.1) is 5.60 Å². The maximum atomic E-state index is 10.4. The molecular weight excluding hydrogens is 240 g/mol. The minimum atomic E-state index is -0.767. The predicted octanol–water partition coefficient (Wildman–Crippen LogP) is 3.21. The summed E-state index contributed by atoms with van der Waals surface area (Å²) in [6.45, 7) is 8.37. The highest BCUT2D eigenvalue weighted by Crippen LogP contribution is 2.33. The van der Waals surface area contributed by atoms with Crippen molar-refractivity contribution in [1.29, 1.82) is 0 Å². The lowest BCUT2D eigenvalue weighted by molar-refractivity contribution is 0.0138. The number of halogens is 1. The molecule has 0 spiro atoms. The normalized spacial score (nSPS) is 17.9. The highest BCUT2D eigenvalue weighted by atomic mass is 79.9. The topological polar surface area (TPSA) is 20.2 Å². The number of aliphatic hydroxyl groups is 1. The van der Waals surface area contributed by atoms with Crippen LogP contribution in [0.5, 0.6) is 0 Å². The Morgan fingerprint density at radius 1 is 1.36 bits per heavy atom. The third kappa shape index (κ3) is 4.02. The van der Waals surface area contributed by atoms with Crippen LogP contribution in [0.25, 0.3) is 0 Å². The molecule has 0 heterocycles. The number of hydrogen-bond donors (Lipinski definition) is 1. The summed E-state index contributed by atoms with van der Waals surface area (Å²) >= 11 is 3.55. The van der Waals surface area contributed by atoms with Crippen LogP contribution in [0.3, 0.4) is 0 Å². The fourth-order valence-electron chi connectivity index (χ4n) is 1.79. The zero-order valence-electron chi connectivity index (χ0n) is 9.55. The number of alkyl halides is 1. The summed E-state index contributed by atoms with van der Waals surface area (Å²) in [6.07, 6.45) is 6.45. The van der Waals surface area contributed by atoms with E-state index < -0.39 is 5.60 Å². The average molecular weight is 261 g/mol. The molecule has 2 atom stereocenters. The number of rotatable bonds is 5. The first kappa shape index (κ1) is 14.0. The van der Waals surface area contributed by atoms with Crippen LogP contribution >= 0.6 is 15.9 Å². The van der Waals surface area contributed by atoms with Gasteiger partial charge in [-0.3, -0.25) is 0 Å². The third-order valence-electron chi connectivity index (χ3n) is 2.27. The zero-order chi connectivity index (χ0) is 11.4. The zero-order valence-corrected chi connectivity index (χ0v) is 11.1. The van der Waals surface area contributed by atoms with Gasteiger partial charge in [-0.2, -0.15) is 0 Å². The standard InChI is InChI=1S/C12H21BrO/c1-6-7-12(14,8-9(2)3)11(13)10(4)5/h1,9-11,14H,7-8H2,2-5H3/t11-,12+/m1/s1. The average Bonchev–Trinajstić information content (AvgIpc) is 2.01. The second-order valence-electron chi connectivity index (χ2n) is 4.73. The molecular formula is C12H21BrO. The van der Waals surface area contributed by atoms with E-state index in [-0.39, 0.29) is 4.83 Å². The van der Waals surface area contributed by atoms with Crippen molar-refractivity contribution in [2.24, 2.45) is 11.8 Å². The molecule has 1 N–H and O–H groups in total. The summed E-state index contributed by atoms with van der Waals surface area (Å²) in [7, 11) is 0. The smallest absolute Gasteiger partial charge is 0.0885 e. The highest BCUT2D eigenvalue weighted by Gasteiger charge is 2.36. The van der Waals surface area contributed by atoms with E-state index in [0.29, 0.717) is 18.3 Å². The summed E-state index contributed by atoms with van der Waals surface area (Å²) in [6, 6.07) is 0. The van der Waals surface area contributed by atoms with Gasteiger partial charge < -0.3 is 5.11 Å². The lowest BCUT2D eigenvalue weighted by Gasteiger charge is -2.35.